The van der Waals surface area contributed by atoms with E-state index in [4.69, 9.17) is 0 Å². The highest BCUT2D eigenvalue weighted by atomic mass is 32.2. The number of hydrogen-bond acceptors (Lipinski definition) is 5. The number of benzene rings is 2. The third-order valence-corrected chi connectivity index (χ3v) is 5.27. The van der Waals surface area contributed by atoms with Gasteiger partial charge in [0.05, 0.1) is 23.0 Å². The molecule has 7 nitrogen and oxygen atoms in total. The van der Waals surface area contributed by atoms with Crippen LogP contribution >= 0.6 is 0 Å². The van der Waals surface area contributed by atoms with Crippen LogP contribution < -0.4 is 10.0 Å². The van der Waals surface area contributed by atoms with Crippen LogP contribution in [0.3, 0.4) is 0 Å². The summed E-state index contributed by atoms with van der Waals surface area (Å²) in [5, 5.41) is 2.68. The number of carbonyl (C=O) groups is 1. The normalized spacial score (nSPS) is 11.5. The highest BCUT2D eigenvalue weighted by molar-refractivity contribution is 7.89. The van der Waals surface area contributed by atoms with E-state index >= 15 is 0 Å². The SMILES string of the molecule is CNS(=O)(=O)c1ccc(/C=C/C(=O)Nc2cnc(-c3ccccc3)nc2)cc1. The number of hydrogen-bond donors (Lipinski definition) is 2. The van der Waals surface area contributed by atoms with Gasteiger partial charge in [-0.1, -0.05) is 42.5 Å². The highest BCUT2D eigenvalue weighted by Crippen LogP contribution is 2.15. The average molecular weight is 394 g/mol. The molecule has 0 spiro atoms. The Labute approximate surface area is 163 Å². The molecular weight excluding hydrogens is 376 g/mol. The van der Waals surface area contributed by atoms with Crippen LogP contribution in [0.25, 0.3) is 17.5 Å². The number of rotatable bonds is 6. The van der Waals surface area contributed by atoms with E-state index in [-0.39, 0.29) is 10.8 Å². The van der Waals surface area contributed by atoms with Gasteiger partial charge in [0.15, 0.2) is 5.82 Å². The molecule has 2 N–H and O–H groups in total. The Morgan fingerprint density at radius 1 is 0.964 bits per heavy atom. The van der Waals surface area contributed by atoms with Crippen LogP contribution in [-0.2, 0) is 14.8 Å². The number of carbonyl (C=O) groups excluding carboxylic acids is 1. The monoisotopic (exact) mass is 394 g/mol. The minimum Gasteiger partial charge on any atom is -0.320 e. The maximum Gasteiger partial charge on any atom is 0.248 e. The molecule has 28 heavy (non-hydrogen) atoms. The number of nitrogens with zero attached hydrogens (tertiary/aromatic N) is 2. The number of aromatic nitrogens is 2. The Morgan fingerprint density at radius 2 is 1.61 bits per heavy atom. The molecule has 0 fully saturated rings. The molecule has 1 amide bonds. The minimum atomic E-state index is -3.48. The minimum absolute atomic E-state index is 0.159. The third-order valence-electron chi connectivity index (χ3n) is 3.84. The van der Waals surface area contributed by atoms with Gasteiger partial charge in [-0.05, 0) is 30.8 Å². The van der Waals surface area contributed by atoms with Crippen LogP contribution in [0.1, 0.15) is 5.56 Å². The maximum atomic E-state index is 12.1. The van der Waals surface area contributed by atoms with Gasteiger partial charge in [0.1, 0.15) is 0 Å². The Morgan fingerprint density at radius 3 is 2.21 bits per heavy atom. The van der Waals surface area contributed by atoms with Gasteiger partial charge in [-0.2, -0.15) is 0 Å². The van der Waals surface area contributed by atoms with E-state index in [0.717, 1.165) is 5.56 Å². The summed E-state index contributed by atoms with van der Waals surface area (Å²) in [5.74, 6) is 0.230. The molecule has 1 aromatic heterocycles. The molecule has 0 aliphatic heterocycles. The second-order valence-electron chi connectivity index (χ2n) is 5.76. The maximum absolute atomic E-state index is 12.1. The van der Waals surface area contributed by atoms with E-state index in [2.05, 4.69) is 20.0 Å². The summed E-state index contributed by atoms with van der Waals surface area (Å²) in [5.41, 5.74) is 2.06. The Balaban J connectivity index is 1.62. The van der Waals surface area contributed by atoms with Gasteiger partial charge in [-0.25, -0.2) is 23.1 Å². The van der Waals surface area contributed by atoms with E-state index in [0.29, 0.717) is 17.1 Å². The van der Waals surface area contributed by atoms with Crippen molar-refractivity contribution >= 4 is 27.7 Å². The standard InChI is InChI=1S/C20H18N4O3S/c1-21-28(26,27)18-10-7-15(8-11-18)9-12-19(25)24-17-13-22-20(23-14-17)16-5-3-2-4-6-16/h2-14,21H,1H3,(H,24,25)/b12-9+. The lowest BCUT2D eigenvalue weighted by atomic mass is 10.2. The molecule has 0 saturated heterocycles. The Bertz CT molecular complexity index is 1080. The predicted molar refractivity (Wildman–Crippen MR) is 108 cm³/mol. The smallest absolute Gasteiger partial charge is 0.248 e. The second kappa shape index (κ2) is 8.55. The van der Waals surface area contributed by atoms with Crippen molar-refractivity contribution in [1.82, 2.24) is 14.7 Å². The molecule has 0 unspecified atom stereocenters. The van der Waals surface area contributed by atoms with Gasteiger partial charge < -0.3 is 5.32 Å². The molecule has 0 aliphatic carbocycles. The van der Waals surface area contributed by atoms with Crippen molar-refractivity contribution < 1.29 is 13.2 Å². The van der Waals surface area contributed by atoms with Gasteiger partial charge in [0.2, 0.25) is 15.9 Å². The number of nitrogens with one attached hydrogen (secondary N) is 2. The van der Waals surface area contributed by atoms with Crippen LogP contribution in [0.2, 0.25) is 0 Å². The van der Waals surface area contributed by atoms with Crippen molar-refractivity contribution in [3.8, 4) is 11.4 Å². The first-order chi connectivity index (χ1) is 13.5. The molecule has 1 heterocycles. The van der Waals surface area contributed by atoms with Crippen molar-refractivity contribution in [1.29, 1.82) is 0 Å². The summed E-state index contributed by atoms with van der Waals surface area (Å²) in [6, 6.07) is 15.7. The fraction of sp³-hybridized carbons (Fsp3) is 0.0500. The van der Waals surface area contributed by atoms with Crippen molar-refractivity contribution in [2.75, 3.05) is 12.4 Å². The Kier molecular flexibility index (Phi) is 5.93. The summed E-state index contributed by atoms with van der Waals surface area (Å²) in [6.45, 7) is 0. The molecular formula is C20H18N4O3S. The summed E-state index contributed by atoms with van der Waals surface area (Å²) in [4.78, 5) is 20.7. The lowest BCUT2D eigenvalue weighted by molar-refractivity contribution is -0.111. The molecule has 2 aromatic carbocycles. The highest BCUT2D eigenvalue weighted by Gasteiger charge is 2.09. The van der Waals surface area contributed by atoms with Gasteiger partial charge in [-0.15, -0.1) is 0 Å². The largest absolute Gasteiger partial charge is 0.320 e. The lowest BCUT2D eigenvalue weighted by Gasteiger charge is -2.04. The summed E-state index contributed by atoms with van der Waals surface area (Å²) < 4.78 is 25.6. The van der Waals surface area contributed by atoms with Gasteiger partial charge >= 0.3 is 0 Å². The summed E-state index contributed by atoms with van der Waals surface area (Å²) in [6.07, 6.45) is 6.02. The third kappa shape index (κ3) is 4.87. The van der Waals surface area contributed by atoms with E-state index in [1.165, 1.54) is 25.3 Å². The van der Waals surface area contributed by atoms with Crippen LogP contribution in [0, 0.1) is 0 Å². The van der Waals surface area contributed by atoms with E-state index in [9.17, 15) is 13.2 Å². The molecule has 0 atom stereocenters. The second-order valence-corrected chi connectivity index (χ2v) is 7.65. The topological polar surface area (TPSA) is 101 Å². The zero-order valence-electron chi connectivity index (χ0n) is 15.0. The van der Waals surface area contributed by atoms with Crippen LogP contribution in [0.15, 0.2) is 78.0 Å². The first-order valence-electron chi connectivity index (χ1n) is 8.38. The summed E-state index contributed by atoms with van der Waals surface area (Å²) >= 11 is 0. The molecule has 8 heteroatoms. The van der Waals surface area contributed by atoms with Crippen molar-refractivity contribution in [2.24, 2.45) is 0 Å². The van der Waals surface area contributed by atoms with Crippen LogP contribution in [-0.4, -0.2) is 31.3 Å². The van der Waals surface area contributed by atoms with Crippen molar-refractivity contribution in [2.45, 2.75) is 4.90 Å². The number of sulfonamides is 1. The van der Waals surface area contributed by atoms with Crippen molar-refractivity contribution in [3.05, 3.63) is 78.6 Å². The predicted octanol–water partition coefficient (Wildman–Crippen LogP) is 2.70. The van der Waals surface area contributed by atoms with Crippen LogP contribution in [0.4, 0.5) is 5.69 Å². The number of anilines is 1. The molecule has 0 aliphatic rings. The van der Waals surface area contributed by atoms with Gasteiger partial charge in [-0.3, -0.25) is 4.79 Å². The molecule has 142 valence electrons. The fourth-order valence-corrected chi connectivity index (χ4v) is 3.09. The molecule has 3 aromatic rings. The molecule has 0 saturated carbocycles. The number of amides is 1. The molecule has 0 radical (unpaired) electrons. The lowest BCUT2D eigenvalue weighted by Crippen LogP contribution is -2.18. The average Bonchev–Trinajstić information content (AvgIpc) is 2.74. The van der Waals surface area contributed by atoms with Crippen molar-refractivity contribution in [3.63, 3.8) is 0 Å². The first-order valence-corrected chi connectivity index (χ1v) is 9.86. The molecule has 0 bridgehead atoms. The van der Waals surface area contributed by atoms with Gasteiger partial charge in [0, 0.05) is 11.6 Å². The van der Waals surface area contributed by atoms with E-state index in [1.807, 2.05) is 30.3 Å². The van der Waals surface area contributed by atoms with Crippen LogP contribution in [0.5, 0.6) is 0 Å². The zero-order chi connectivity index (χ0) is 20.0. The van der Waals surface area contributed by atoms with E-state index < -0.39 is 10.0 Å². The fourth-order valence-electron chi connectivity index (χ4n) is 2.36. The summed E-state index contributed by atoms with van der Waals surface area (Å²) in [7, 11) is -2.13. The first kappa shape index (κ1) is 19.4. The van der Waals surface area contributed by atoms with Gasteiger partial charge in [0.25, 0.3) is 0 Å². The van der Waals surface area contributed by atoms with E-state index in [1.54, 1.807) is 30.6 Å². The quantitative estimate of drug-likeness (QED) is 0.626. The Hall–Kier alpha value is -3.36. The molecule has 3 rings (SSSR count). The zero-order valence-corrected chi connectivity index (χ0v) is 15.8.